The Balaban J connectivity index is 1.19. The van der Waals surface area contributed by atoms with Crippen LogP contribution in [0.3, 0.4) is 0 Å². The predicted molar refractivity (Wildman–Crippen MR) is 167 cm³/mol. The molecule has 0 spiro atoms. The molecule has 2 aromatic heterocycles. The summed E-state index contributed by atoms with van der Waals surface area (Å²) in [6.45, 7) is 2.02. The van der Waals surface area contributed by atoms with Gasteiger partial charge >= 0.3 is 0 Å². The van der Waals surface area contributed by atoms with Gasteiger partial charge in [-0.05, 0) is 47.4 Å². The first-order valence-electron chi connectivity index (χ1n) is 13.7. The van der Waals surface area contributed by atoms with E-state index in [1.807, 2.05) is 67.6 Å². The second-order valence-corrected chi connectivity index (χ2v) is 10.1. The average Bonchev–Trinajstić information content (AvgIpc) is 3.05. The Hall–Kier alpha value is -5.48. The van der Waals surface area contributed by atoms with Crippen LogP contribution < -0.4 is 0 Å². The molecule has 0 fully saturated rings. The number of aryl methyl sites for hydroxylation is 1. The van der Waals surface area contributed by atoms with Gasteiger partial charge in [-0.3, -0.25) is 4.98 Å². The standard InChI is InChI=1S/C37H26N4/c1-25-12-13-33-24-32(22-23-34(33)38-25)28-16-14-26(15-17-28)27-18-20-31(21-19-27)37-40-35(29-8-4-2-5-9-29)39-36(41-37)30-10-6-3-7-11-30/h2-24H,1H3. The van der Waals surface area contributed by atoms with Crippen molar-refractivity contribution in [2.24, 2.45) is 0 Å². The van der Waals surface area contributed by atoms with E-state index < -0.39 is 0 Å². The van der Waals surface area contributed by atoms with Gasteiger partial charge in [0, 0.05) is 27.8 Å². The highest BCUT2D eigenvalue weighted by Crippen LogP contribution is 2.29. The molecule has 0 radical (unpaired) electrons. The highest BCUT2D eigenvalue weighted by molar-refractivity contribution is 5.85. The SMILES string of the molecule is Cc1ccc2cc(-c3ccc(-c4ccc(-c5nc(-c6ccccc6)nc(-c6ccccc6)n5)cc4)cc3)ccc2n1. The number of benzene rings is 5. The molecule has 0 saturated heterocycles. The van der Waals surface area contributed by atoms with E-state index in [4.69, 9.17) is 15.0 Å². The van der Waals surface area contributed by atoms with Gasteiger partial charge in [0.1, 0.15) is 0 Å². The number of hydrogen-bond donors (Lipinski definition) is 0. The number of aromatic nitrogens is 4. The van der Waals surface area contributed by atoms with Crippen molar-refractivity contribution >= 4 is 10.9 Å². The minimum absolute atomic E-state index is 0.653. The maximum absolute atomic E-state index is 4.85. The van der Waals surface area contributed by atoms with E-state index in [1.54, 1.807) is 0 Å². The molecule has 4 heteroatoms. The van der Waals surface area contributed by atoms with Crippen LogP contribution in [0.1, 0.15) is 5.69 Å². The molecule has 7 aromatic rings. The van der Waals surface area contributed by atoms with Crippen molar-refractivity contribution in [3.8, 4) is 56.4 Å². The minimum Gasteiger partial charge on any atom is -0.253 e. The molecule has 41 heavy (non-hydrogen) atoms. The average molecular weight is 527 g/mol. The number of nitrogens with zero attached hydrogens (tertiary/aromatic N) is 4. The molecule has 0 saturated carbocycles. The number of pyridine rings is 1. The van der Waals surface area contributed by atoms with Crippen molar-refractivity contribution in [1.29, 1.82) is 0 Å². The minimum atomic E-state index is 0.653. The largest absolute Gasteiger partial charge is 0.253 e. The third-order valence-electron chi connectivity index (χ3n) is 7.22. The highest BCUT2D eigenvalue weighted by atomic mass is 15.0. The van der Waals surface area contributed by atoms with Gasteiger partial charge in [-0.15, -0.1) is 0 Å². The Kier molecular flexibility index (Phi) is 6.34. The maximum atomic E-state index is 4.85. The van der Waals surface area contributed by atoms with E-state index >= 15 is 0 Å². The van der Waals surface area contributed by atoms with Crippen molar-refractivity contribution in [2.45, 2.75) is 6.92 Å². The number of hydrogen-bond acceptors (Lipinski definition) is 4. The molecule has 0 aliphatic heterocycles. The highest BCUT2D eigenvalue weighted by Gasteiger charge is 2.12. The molecule has 0 bridgehead atoms. The van der Waals surface area contributed by atoms with Crippen LogP contribution in [0, 0.1) is 6.92 Å². The van der Waals surface area contributed by atoms with Gasteiger partial charge in [0.25, 0.3) is 0 Å². The first kappa shape index (κ1) is 24.6. The van der Waals surface area contributed by atoms with Gasteiger partial charge in [-0.25, -0.2) is 15.0 Å². The lowest BCUT2D eigenvalue weighted by atomic mass is 9.98. The zero-order chi connectivity index (χ0) is 27.6. The second kappa shape index (κ2) is 10.6. The number of fused-ring (bicyclic) bond motifs is 1. The lowest BCUT2D eigenvalue weighted by Crippen LogP contribution is -2.00. The summed E-state index contributed by atoms with van der Waals surface area (Å²) >= 11 is 0. The molecule has 194 valence electrons. The van der Waals surface area contributed by atoms with Crippen LogP contribution in [0.2, 0.25) is 0 Å². The van der Waals surface area contributed by atoms with Gasteiger partial charge in [-0.1, -0.05) is 121 Å². The molecule has 5 aromatic carbocycles. The van der Waals surface area contributed by atoms with Crippen LogP contribution in [0.15, 0.2) is 140 Å². The summed E-state index contributed by atoms with van der Waals surface area (Å²) in [6, 6.07) is 47.8. The van der Waals surface area contributed by atoms with Crippen LogP contribution in [0.25, 0.3) is 67.3 Å². The van der Waals surface area contributed by atoms with Crippen LogP contribution in [0.5, 0.6) is 0 Å². The first-order chi connectivity index (χ1) is 20.2. The molecule has 0 atom stereocenters. The summed E-state index contributed by atoms with van der Waals surface area (Å²) in [6.07, 6.45) is 0. The molecular weight excluding hydrogens is 500 g/mol. The second-order valence-electron chi connectivity index (χ2n) is 10.1. The first-order valence-corrected chi connectivity index (χ1v) is 13.7. The fraction of sp³-hybridized carbons (Fsp3) is 0.0270. The Morgan fingerprint density at radius 1 is 0.341 bits per heavy atom. The van der Waals surface area contributed by atoms with Crippen LogP contribution in [0.4, 0.5) is 0 Å². The van der Waals surface area contributed by atoms with Crippen molar-refractivity contribution in [2.75, 3.05) is 0 Å². The van der Waals surface area contributed by atoms with Gasteiger partial charge in [0.15, 0.2) is 17.5 Å². The Morgan fingerprint density at radius 3 is 1.27 bits per heavy atom. The summed E-state index contributed by atoms with van der Waals surface area (Å²) in [5, 5.41) is 1.15. The van der Waals surface area contributed by atoms with Crippen molar-refractivity contribution in [3.63, 3.8) is 0 Å². The summed E-state index contributed by atoms with van der Waals surface area (Å²) < 4.78 is 0. The van der Waals surface area contributed by atoms with Gasteiger partial charge in [-0.2, -0.15) is 0 Å². The predicted octanol–water partition coefficient (Wildman–Crippen LogP) is 9.06. The number of rotatable bonds is 5. The summed E-state index contributed by atoms with van der Waals surface area (Å²) in [5.74, 6) is 1.98. The van der Waals surface area contributed by atoms with Gasteiger partial charge < -0.3 is 0 Å². The van der Waals surface area contributed by atoms with Crippen LogP contribution in [-0.2, 0) is 0 Å². The lowest BCUT2D eigenvalue weighted by Gasteiger charge is -2.09. The zero-order valence-corrected chi connectivity index (χ0v) is 22.6. The summed E-state index contributed by atoms with van der Waals surface area (Å²) in [5.41, 5.74) is 9.58. The van der Waals surface area contributed by atoms with E-state index in [0.29, 0.717) is 17.5 Å². The van der Waals surface area contributed by atoms with Gasteiger partial charge in [0.05, 0.1) is 5.52 Å². The molecule has 0 aliphatic carbocycles. The summed E-state index contributed by atoms with van der Waals surface area (Å²) in [7, 11) is 0. The van der Waals surface area contributed by atoms with E-state index in [-0.39, 0.29) is 0 Å². The monoisotopic (exact) mass is 526 g/mol. The molecule has 0 amide bonds. The molecule has 7 rings (SSSR count). The maximum Gasteiger partial charge on any atom is 0.164 e. The van der Waals surface area contributed by atoms with Crippen molar-refractivity contribution in [3.05, 3.63) is 145 Å². The fourth-order valence-corrected chi connectivity index (χ4v) is 5.01. The van der Waals surface area contributed by atoms with E-state index in [1.165, 1.54) is 11.1 Å². The molecule has 0 unspecified atom stereocenters. The molecule has 0 aliphatic rings. The van der Waals surface area contributed by atoms with E-state index in [2.05, 4.69) is 83.8 Å². The smallest absolute Gasteiger partial charge is 0.164 e. The third-order valence-corrected chi connectivity index (χ3v) is 7.22. The zero-order valence-electron chi connectivity index (χ0n) is 22.6. The third kappa shape index (κ3) is 5.11. The van der Waals surface area contributed by atoms with E-state index in [9.17, 15) is 0 Å². The fourth-order valence-electron chi connectivity index (χ4n) is 5.01. The Bertz CT molecular complexity index is 1910. The van der Waals surface area contributed by atoms with E-state index in [0.717, 1.165) is 44.4 Å². The normalized spacial score (nSPS) is 11.0. The van der Waals surface area contributed by atoms with Crippen molar-refractivity contribution < 1.29 is 0 Å². The lowest BCUT2D eigenvalue weighted by molar-refractivity contribution is 1.07. The van der Waals surface area contributed by atoms with Crippen LogP contribution in [-0.4, -0.2) is 19.9 Å². The molecule has 0 N–H and O–H groups in total. The molecule has 4 nitrogen and oxygen atoms in total. The van der Waals surface area contributed by atoms with Gasteiger partial charge in [0.2, 0.25) is 0 Å². The van der Waals surface area contributed by atoms with Crippen LogP contribution >= 0.6 is 0 Å². The Morgan fingerprint density at radius 2 is 0.756 bits per heavy atom. The quantitative estimate of drug-likeness (QED) is 0.224. The molecule has 2 heterocycles. The molecular formula is C37H26N4. The van der Waals surface area contributed by atoms with Crippen molar-refractivity contribution in [1.82, 2.24) is 19.9 Å². The summed E-state index contributed by atoms with van der Waals surface area (Å²) in [4.78, 5) is 19.1. The Labute approximate surface area is 239 Å². The topological polar surface area (TPSA) is 51.6 Å².